The summed E-state index contributed by atoms with van der Waals surface area (Å²) in [4.78, 5) is 51.0. The molecule has 32 heavy (non-hydrogen) atoms. The Labute approximate surface area is 189 Å². The molecule has 1 saturated heterocycles. The second-order valence-corrected chi connectivity index (χ2v) is 9.26. The molecular formula is C24H33N3O5. The Hall–Kier alpha value is -2.90. The van der Waals surface area contributed by atoms with Gasteiger partial charge >= 0.3 is 12.0 Å². The first-order chi connectivity index (χ1) is 15.2. The minimum absolute atomic E-state index is 0.00961. The molecular weight excluding hydrogens is 410 g/mol. The number of ether oxygens (including phenoxy) is 1. The summed E-state index contributed by atoms with van der Waals surface area (Å²) in [5, 5.41) is 5.71. The number of hydrogen-bond acceptors (Lipinski definition) is 5. The normalized spacial score (nSPS) is 23.9. The van der Waals surface area contributed by atoms with Gasteiger partial charge in [-0.1, -0.05) is 63.9 Å². The Balaban J connectivity index is 1.53. The molecule has 1 heterocycles. The van der Waals surface area contributed by atoms with E-state index in [1.807, 2.05) is 37.3 Å². The molecule has 2 N–H and O–H groups in total. The van der Waals surface area contributed by atoms with Crippen LogP contribution in [0.5, 0.6) is 0 Å². The van der Waals surface area contributed by atoms with Crippen molar-refractivity contribution in [1.82, 2.24) is 15.5 Å². The molecule has 8 heteroatoms. The van der Waals surface area contributed by atoms with E-state index in [4.69, 9.17) is 4.74 Å². The van der Waals surface area contributed by atoms with Crippen LogP contribution in [0.3, 0.4) is 0 Å². The van der Waals surface area contributed by atoms with Crippen molar-refractivity contribution < 1.29 is 23.9 Å². The molecule has 3 rings (SSSR count). The van der Waals surface area contributed by atoms with Gasteiger partial charge in [0.25, 0.3) is 11.8 Å². The molecule has 3 unspecified atom stereocenters. The quantitative estimate of drug-likeness (QED) is 0.475. The van der Waals surface area contributed by atoms with Crippen molar-refractivity contribution in [3.8, 4) is 0 Å². The third-order valence-corrected chi connectivity index (χ3v) is 6.40. The van der Waals surface area contributed by atoms with Crippen molar-refractivity contribution in [1.29, 1.82) is 0 Å². The second kappa shape index (κ2) is 10.1. The molecule has 1 saturated carbocycles. The highest BCUT2D eigenvalue weighted by Crippen LogP contribution is 2.38. The van der Waals surface area contributed by atoms with Crippen LogP contribution in [0.2, 0.25) is 0 Å². The molecule has 8 nitrogen and oxygen atoms in total. The lowest BCUT2D eigenvalue weighted by Crippen LogP contribution is -2.54. The second-order valence-electron chi connectivity index (χ2n) is 9.26. The summed E-state index contributed by atoms with van der Waals surface area (Å²) in [5.41, 5.74) is 0.0549. The van der Waals surface area contributed by atoms with E-state index in [0.717, 1.165) is 36.1 Å². The number of rotatable bonds is 8. The first-order valence-corrected chi connectivity index (χ1v) is 11.4. The largest absolute Gasteiger partial charge is 0.454 e. The highest BCUT2D eigenvalue weighted by molar-refractivity contribution is 6.09. The molecule has 1 aliphatic carbocycles. The summed E-state index contributed by atoms with van der Waals surface area (Å²) < 4.78 is 5.08. The van der Waals surface area contributed by atoms with E-state index in [9.17, 15) is 19.2 Å². The summed E-state index contributed by atoms with van der Waals surface area (Å²) in [6, 6.07) is 8.85. The number of esters is 1. The lowest BCUT2D eigenvalue weighted by molar-refractivity contribution is -0.151. The highest BCUT2D eigenvalue weighted by atomic mass is 16.5. The summed E-state index contributed by atoms with van der Waals surface area (Å²) in [6.07, 6.45) is 4.04. The van der Waals surface area contributed by atoms with Gasteiger partial charge in [0.2, 0.25) is 0 Å². The van der Waals surface area contributed by atoms with E-state index < -0.39 is 36.6 Å². The summed E-state index contributed by atoms with van der Waals surface area (Å²) in [7, 11) is 0. The van der Waals surface area contributed by atoms with Crippen LogP contribution < -0.4 is 10.6 Å². The van der Waals surface area contributed by atoms with E-state index in [2.05, 4.69) is 24.5 Å². The first kappa shape index (κ1) is 23.8. The maximum atomic E-state index is 12.9. The maximum absolute atomic E-state index is 12.9. The Morgan fingerprint density at radius 1 is 1.22 bits per heavy atom. The van der Waals surface area contributed by atoms with Crippen LogP contribution >= 0.6 is 0 Å². The predicted molar refractivity (Wildman–Crippen MR) is 118 cm³/mol. The highest BCUT2D eigenvalue weighted by Gasteiger charge is 2.55. The fourth-order valence-electron chi connectivity index (χ4n) is 4.63. The van der Waals surface area contributed by atoms with E-state index in [-0.39, 0.29) is 17.9 Å². The Morgan fingerprint density at radius 2 is 1.94 bits per heavy atom. The zero-order valence-electron chi connectivity index (χ0n) is 19.1. The molecule has 0 aromatic heterocycles. The zero-order chi connectivity index (χ0) is 23.3. The number of benzene rings is 1. The smallest absolute Gasteiger partial charge is 0.326 e. The van der Waals surface area contributed by atoms with Gasteiger partial charge in [-0.15, -0.1) is 0 Å². The van der Waals surface area contributed by atoms with Crippen molar-refractivity contribution in [2.24, 2.45) is 11.8 Å². The third-order valence-electron chi connectivity index (χ3n) is 6.40. The van der Waals surface area contributed by atoms with Crippen molar-refractivity contribution >= 4 is 23.8 Å². The molecule has 0 radical (unpaired) electrons. The van der Waals surface area contributed by atoms with Crippen LogP contribution in [0.15, 0.2) is 30.3 Å². The van der Waals surface area contributed by atoms with Crippen LogP contribution in [0.4, 0.5) is 4.79 Å². The van der Waals surface area contributed by atoms with Crippen LogP contribution in [-0.4, -0.2) is 47.4 Å². The lowest BCUT2D eigenvalue weighted by atomic mass is 9.73. The molecule has 0 bridgehead atoms. The Bertz CT molecular complexity index is 856. The Morgan fingerprint density at radius 3 is 2.59 bits per heavy atom. The Kier molecular flexibility index (Phi) is 7.53. The molecule has 2 fully saturated rings. The molecule has 1 aromatic carbocycles. The van der Waals surface area contributed by atoms with E-state index in [0.29, 0.717) is 12.3 Å². The standard InChI is InChI=1S/C24H33N3O5/c1-16(2)13-19(18-10-5-4-6-11-18)25-20(28)15-32-21(29)14-27-22(30)24(26-23(27)31)12-8-7-9-17(24)3/h4-6,10-11,16-17,19H,7-9,12-15H2,1-3H3,(H,25,28)(H,26,31). The monoisotopic (exact) mass is 443 g/mol. The van der Waals surface area contributed by atoms with E-state index >= 15 is 0 Å². The van der Waals surface area contributed by atoms with Crippen LogP contribution in [-0.2, 0) is 19.1 Å². The number of amides is 4. The van der Waals surface area contributed by atoms with E-state index in [1.165, 1.54) is 0 Å². The minimum atomic E-state index is -0.924. The van der Waals surface area contributed by atoms with E-state index in [1.54, 1.807) is 0 Å². The van der Waals surface area contributed by atoms with Gasteiger partial charge in [0.1, 0.15) is 12.1 Å². The van der Waals surface area contributed by atoms with Gasteiger partial charge in [0.15, 0.2) is 6.61 Å². The van der Waals surface area contributed by atoms with Crippen molar-refractivity contribution in [2.45, 2.75) is 64.5 Å². The first-order valence-electron chi connectivity index (χ1n) is 11.4. The maximum Gasteiger partial charge on any atom is 0.326 e. The fourth-order valence-corrected chi connectivity index (χ4v) is 4.63. The van der Waals surface area contributed by atoms with Gasteiger partial charge in [-0.25, -0.2) is 4.79 Å². The molecule has 1 aliphatic heterocycles. The fraction of sp³-hybridized carbons (Fsp3) is 0.583. The van der Waals surface area contributed by atoms with Crippen molar-refractivity contribution in [2.75, 3.05) is 13.2 Å². The minimum Gasteiger partial charge on any atom is -0.454 e. The molecule has 1 aromatic rings. The topological polar surface area (TPSA) is 105 Å². The SMILES string of the molecule is CC(C)CC(NC(=O)COC(=O)CN1C(=O)NC2(CCCCC2C)C1=O)c1ccccc1. The average molecular weight is 444 g/mol. The average Bonchev–Trinajstić information content (AvgIpc) is 2.99. The molecule has 1 spiro atoms. The summed E-state index contributed by atoms with van der Waals surface area (Å²) >= 11 is 0. The van der Waals surface area contributed by atoms with Gasteiger partial charge in [-0.05, 0) is 36.7 Å². The van der Waals surface area contributed by atoms with Crippen LogP contribution in [0.25, 0.3) is 0 Å². The van der Waals surface area contributed by atoms with Gasteiger partial charge in [-0.2, -0.15) is 0 Å². The van der Waals surface area contributed by atoms with Crippen molar-refractivity contribution in [3.05, 3.63) is 35.9 Å². The lowest BCUT2D eigenvalue weighted by Gasteiger charge is -2.36. The van der Waals surface area contributed by atoms with Gasteiger partial charge < -0.3 is 15.4 Å². The zero-order valence-corrected chi connectivity index (χ0v) is 19.1. The van der Waals surface area contributed by atoms with Crippen LogP contribution in [0, 0.1) is 11.8 Å². The summed E-state index contributed by atoms with van der Waals surface area (Å²) in [6.45, 7) is 5.12. The number of hydrogen-bond donors (Lipinski definition) is 2. The number of imide groups is 1. The van der Waals surface area contributed by atoms with Crippen molar-refractivity contribution in [3.63, 3.8) is 0 Å². The van der Waals surface area contributed by atoms with Gasteiger partial charge in [0.05, 0.1) is 6.04 Å². The third kappa shape index (κ3) is 5.29. The molecule has 2 aliphatic rings. The number of nitrogens with one attached hydrogen (secondary N) is 2. The number of nitrogens with zero attached hydrogens (tertiary/aromatic N) is 1. The van der Waals surface area contributed by atoms with Crippen LogP contribution in [0.1, 0.15) is 64.5 Å². The number of urea groups is 1. The van der Waals surface area contributed by atoms with Gasteiger partial charge in [0, 0.05) is 0 Å². The predicted octanol–water partition coefficient (Wildman–Crippen LogP) is 2.93. The molecule has 4 amide bonds. The van der Waals surface area contributed by atoms with Gasteiger partial charge in [-0.3, -0.25) is 19.3 Å². The number of carbonyl (C=O) groups is 4. The molecule has 174 valence electrons. The number of carbonyl (C=O) groups excluding carboxylic acids is 4. The summed E-state index contributed by atoms with van der Waals surface area (Å²) in [5.74, 6) is -1.23. The molecule has 3 atom stereocenters.